The molecule has 2 aromatic carbocycles. The first-order valence-corrected chi connectivity index (χ1v) is 26.7. The van der Waals surface area contributed by atoms with Gasteiger partial charge >= 0.3 is 12.1 Å². The second kappa shape index (κ2) is 23.5. The highest BCUT2D eigenvalue weighted by atomic mass is 19.4. The van der Waals surface area contributed by atoms with E-state index < -0.39 is 84.0 Å². The zero-order valence-corrected chi connectivity index (χ0v) is 45.7. The van der Waals surface area contributed by atoms with Crippen LogP contribution in [-0.2, 0) is 52.8 Å². The number of carbonyl (C=O) groups excluding carboxylic acids is 5. The van der Waals surface area contributed by atoms with Gasteiger partial charge < -0.3 is 39.0 Å². The molecule has 0 aliphatic carbocycles. The van der Waals surface area contributed by atoms with E-state index in [2.05, 4.69) is 27.1 Å². The van der Waals surface area contributed by atoms with Crippen LogP contribution in [0.4, 0.5) is 27.6 Å². The lowest BCUT2D eigenvalue weighted by molar-refractivity contribution is -0.155. The van der Waals surface area contributed by atoms with Gasteiger partial charge in [0.05, 0.1) is 41.9 Å². The Morgan fingerprint density at radius 3 is 2.40 bits per heavy atom. The lowest BCUT2D eigenvalue weighted by atomic mass is 9.84. The number of amides is 4. The molecular formula is C57H72F5N9O7. The average molecular weight is 1090 g/mol. The van der Waals surface area contributed by atoms with Crippen molar-refractivity contribution in [3.63, 3.8) is 0 Å². The van der Waals surface area contributed by atoms with Gasteiger partial charge in [-0.05, 0) is 98.2 Å². The number of ether oxygens (including phenoxy) is 2. The van der Waals surface area contributed by atoms with Gasteiger partial charge in [0.1, 0.15) is 24.7 Å². The molecule has 3 fully saturated rings. The fraction of sp³-hybridized carbons (Fsp3) is 0.544. The standard InChI is InChI=1S/C57H72F5N9O7/c1-10-47(72)69-17-15-37(30-69)53(74)67(8)49(33(2)3)52(73)64-45-24-35-22-38(25-39(23-35)51(58)59)36-13-14-46-41(26-36)43(28-56(5,6)32-78-55(76)44-12-11-16-71(65-44)54(45)75)50(70(46)31-57(60,61)62)42-27-40(29-63-48(42)34(4)77-9)68-20-18-66(7)19-21-68/h10,13-14,22-23,25-27,29,33-34,37,44-45,49,51,65H,1,11-12,15-21,24,28,30-32H2,2-9H3,(H,64,73)/t34-,37-,44-,45-,49?/m0/s1. The number of likely N-dealkylation sites (tertiary alicyclic amines) is 1. The normalized spacial score (nSPS) is 21.4. The Labute approximate surface area is 452 Å². The third-order valence-corrected chi connectivity index (χ3v) is 15.6. The third-order valence-electron chi connectivity index (χ3n) is 15.6. The van der Waals surface area contributed by atoms with Crippen LogP contribution in [0.1, 0.15) is 88.8 Å². The van der Waals surface area contributed by atoms with Gasteiger partial charge in [-0.3, -0.25) is 34.0 Å². The zero-order chi connectivity index (χ0) is 56.5. The molecule has 5 atom stereocenters. The molecule has 4 aromatic rings. The maximum atomic E-state index is 15.2. The van der Waals surface area contributed by atoms with Crippen molar-refractivity contribution < 1.29 is 55.4 Å². The quantitative estimate of drug-likeness (QED) is 0.0822. The van der Waals surface area contributed by atoms with E-state index in [0.717, 1.165) is 13.1 Å². The van der Waals surface area contributed by atoms with Crippen molar-refractivity contribution >= 4 is 46.2 Å². The highest BCUT2D eigenvalue weighted by Gasteiger charge is 2.41. The number of fused-ring (bicyclic) bond motifs is 6. The minimum absolute atomic E-state index is 0.0820. The van der Waals surface area contributed by atoms with Crippen LogP contribution in [0.25, 0.3) is 33.3 Å². The average Bonchev–Trinajstić information content (AvgIpc) is 4.14. The molecule has 2 N–H and O–H groups in total. The molecule has 6 bridgehead atoms. The molecule has 16 nitrogen and oxygen atoms in total. The number of halogens is 5. The van der Waals surface area contributed by atoms with Crippen LogP contribution in [0.5, 0.6) is 0 Å². The van der Waals surface area contributed by atoms with Gasteiger partial charge in [-0.1, -0.05) is 52.5 Å². The van der Waals surface area contributed by atoms with Crippen LogP contribution in [0, 0.1) is 17.3 Å². The number of rotatable bonds is 12. The molecule has 422 valence electrons. The van der Waals surface area contributed by atoms with Crippen molar-refractivity contribution in [3.8, 4) is 22.4 Å². The Bertz CT molecular complexity index is 2920. The Balaban J connectivity index is 1.28. The summed E-state index contributed by atoms with van der Waals surface area (Å²) in [7, 11) is 5.01. The Hall–Kier alpha value is -6.45. The minimum Gasteiger partial charge on any atom is -0.464 e. The van der Waals surface area contributed by atoms with Crippen molar-refractivity contribution in [3.05, 3.63) is 83.7 Å². The van der Waals surface area contributed by atoms with Crippen molar-refractivity contribution in [1.82, 2.24) is 40.0 Å². The molecule has 3 saturated heterocycles. The Kier molecular flexibility index (Phi) is 17.4. The molecule has 0 radical (unpaired) electrons. The first kappa shape index (κ1) is 57.7. The summed E-state index contributed by atoms with van der Waals surface area (Å²) in [6.45, 7) is 14.3. The summed E-state index contributed by atoms with van der Waals surface area (Å²) in [6.07, 6.45) is -4.73. The minimum atomic E-state index is -4.71. The van der Waals surface area contributed by atoms with E-state index in [4.69, 9.17) is 14.5 Å². The number of aromatic nitrogens is 2. The van der Waals surface area contributed by atoms with E-state index in [1.165, 1.54) is 51.7 Å². The third kappa shape index (κ3) is 12.7. The maximum Gasteiger partial charge on any atom is 0.406 e. The monoisotopic (exact) mass is 1090 g/mol. The van der Waals surface area contributed by atoms with Crippen LogP contribution < -0.4 is 15.6 Å². The molecular weight excluding hydrogens is 1020 g/mol. The highest BCUT2D eigenvalue weighted by Crippen LogP contribution is 2.44. The lowest BCUT2D eigenvalue weighted by Crippen LogP contribution is -2.62. The van der Waals surface area contributed by atoms with E-state index in [9.17, 15) is 24.0 Å². The number of benzene rings is 2. The zero-order valence-electron chi connectivity index (χ0n) is 45.7. The van der Waals surface area contributed by atoms with Gasteiger partial charge in [0, 0.05) is 93.8 Å². The van der Waals surface area contributed by atoms with E-state index in [0.29, 0.717) is 65.9 Å². The van der Waals surface area contributed by atoms with Crippen molar-refractivity contribution in [1.29, 1.82) is 0 Å². The number of alkyl halides is 5. The number of hydrazine groups is 1. The Morgan fingerprint density at radius 1 is 1.00 bits per heavy atom. The number of piperazine rings is 1. The van der Waals surface area contributed by atoms with Crippen LogP contribution in [0.15, 0.2) is 61.3 Å². The number of hydrogen-bond donors (Lipinski definition) is 2. The second-order valence-corrected chi connectivity index (χ2v) is 22.5. The first-order valence-electron chi connectivity index (χ1n) is 26.7. The molecule has 4 amide bonds. The number of hydrogen-bond acceptors (Lipinski definition) is 11. The summed E-state index contributed by atoms with van der Waals surface area (Å²) >= 11 is 0. The largest absolute Gasteiger partial charge is 0.464 e. The van der Waals surface area contributed by atoms with Crippen molar-refractivity contribution in [2.75, 3.05) is 78.5 Å². The summed E-state index contributed by atoms with van der Waals surface area (Å²) in [5.74, 6) is -3.82. The molecule has 6 heterocycles. The number of esters is 1. The topological polar surface area (TPSA) is 162 Å². The smallest absolute Gasteiger partial charge is 0.406 e. The number of methoxy groups -OCH3 is 1. The van der Waals surface area contributed by atoms with Crippen LogP contribution >= 0.6 is 0 Å². The molecule has 0 spiro atoms. The predicted octanol–water partition coefficient (Wildman–Crippen LogP) is 7.50. The number of carbonyl (C=O) groups is 5. The Morgan fingerprint density at radius 2 is 1.73 bits per heavy atom. The SMILES string of the molecule is C=CC(=O)N1CC[C@H](C(=O)N(C)C(C(=O)N[C@H]2Cc3cc(cc(C(F)F)c3)-c3ccc4c(c3)c(c(-c3cc(N5CCN(C)CC5)cnc3[C@H](C)OC)n4CC(F)(F)F)CC(C)(C)COC(=O)[C@@H]3CCCN(N3)C2=O)C(C)C)C1. The summed E-state index contributed by atoms with van der Waals surface area (Å²) < 4.78 is 88.8. The predicted molar refractivity (Wildman–Crippen MR) is 285 cm³/mol. The highest BCUT2D eigenvalue weighted by molar-refractivity contribution is 5.97. The van der Waals surface area contributed by atoms with E-state index >= 15 is 22.0 Å². The molecule has 4 aliphatic heterocycles. The lowest BCUT2D eigenvalue weighted by Gasteiger charge is -2.37. The van der Waals surface area contributed by atoms with Crippen molar-refractivity contribution in [2.45, 2.75) is 110 Å². The van der Waals surface area contributed by atoms with Crippen LogP contribution in [0.3, 0.4) is 0 Å². The molecule has 4 aliphatic rings. The van der Waals surface area contributed by atoms with Gasteiger partial charge in [0.2, 0.25) is 17.7 Å². The van der Waals surface area contributed by atoms with Gasteiger partial charge in [0.15, 0.2) is 0 Å². The van der Waals surface area contributed by atoms with E-state index in [-0.39, 0.29) is 73.1 Å². The van der Waals surface area contributed by atoms with Gasteiger partial charge in [0.25, 0.3) is 12.3 Å². The number of nitrogens with zero attached hydrogens (tertiary/aromatic N) is 7. The molecule has 21 heteroatoms. The molecule has 0 saturated carbocycles. The van der Waals surface area contributed by atoms with E-state index in [1.54, 1.807) is 51.2 Å². The summed E-state index contributed by atoms with van der Waals surface area (Å²) in [4.78, 5) is 82.1. The van der Waals surface area contributed by atoms with Crippen molar-refractivity contribution in [2.24, 2.45) is 17.3 Å². The maximum absolute atomic E-state index is 15.2. The molecule has 8 rings (SSSR count). The molecule has 78 heavy (non-hydrogen) atoms. The molecule has 1 unspecified atom stereocenters. The second-order valence-electron chi connectivity index (χ2n) is 22.5. The van der Waals surface area contributed by atoms with Crippen LogP contribution in [-0.4, -0.2) is 157 Å². The number of anilines is 1. The first-order chi connectivity index (χ1) is 36.9. The van der Waals surface area contributed by atoms with Crippen LogP contribution in [0.2, 0.25) is 0 Å². The number of nitrogens with one attached hydrogen (secondary N) is 2. The fourth-order valence-electron chi connectivity index (χ4n) is 11.4. The fourth-order valence-corrected chi connectivity index (χ4v) is 11.4. The summed E-state index contributed by atoms with van der Waals surface area (Å²) in [5, 5.41) is 4.49. The van der Waals surface area contributed by atoms with Gasteiger partial charge in [-0.2, -0.15) is 13.2 Å². The number of pyridine rings is 1. The van der Waals surface area contributed by atoms with Gasteiger partial charge in [-0.15, -0.1) is 0 Å². The van der Waals surface area contributed by atoms with E-state index in [1.807, 2.05) is 27.0 Å². The van der Waals surface area contributed by atoms with Gasteiger partial charge in [-0.25, -0.2) is 14.2 Å². The summed E-state index contributed by atoms with van der Waals surface area (Å²) in [6, 6.07) is 7.31. The number of likely N-dealkylation sites (N-methyl/N-ethyl adjacent to an activating group) is 2. The summed E-state index contributed by atoms with van der Waals surface area (Å²) in [5.41, 5.74) is 5.02. The number of cyclic esters (lactones) is 1. The molecule has 2 aromatic heterocycles.